The molecule has 1 heterocycles. The zero-order valence-corrected chi connectivity index (χ0v) is 16.7. The minimum Gasteiger partial charge on any atom is -0.497 e. The third kappa shape index (κ3) is 3.63. The third-order valence-electron chi connectivity index (χ3n) is 4.33. The lowest BCUT2D eigenvalue weighted by Crippen LogP contribution is -2.31. The number of hydrogen-bond donors (Lipinski definition) is 1. The first-order valence-electron chi connectivity index (χ1n) is 8.67. The predicted molar refractivity (Wildman–Crippen MR) is 110 cm³/mol. The molecule has 1 N–H and O–H groups in total. The zero-order chi connectivity index (χ0) is 20.3. The van der Waals surface area contributed by atoms with Crippen molar-refractivity contribution < 1.29 is 24.2 Å². The number of nitrogens with zero attached hydrogens (tertiary/aromatic N) is 1. The number of rotatable bonds is 7. The smallest absolute Gasteiger partial charge is 0.272 e. The molecule has 0 fully saturated rings. The van der Waals surface area contributed by atoms with Gasteiger partial charge in [0.05, 0.1) is 37.0 Å². The standard InChI is InChI=1S/C21H21NO5S/c1-13-4-9-17(27-3)16(12-13)22-20(24)18(19(21(22)25)28-11-10-23)14-5-7-15(26-2)8-6-14/h4-9,12,23H,10-11H2,1-3H3. The van der Waals surface area contributed by atoms with Gasteiger partial charge in [0.2, 0.25) is 0 Å². The maximum Gasteiger partial charge on any atom is 0.272 e. The average molecular weight is 399 g/mol. The van der Waals surface area contributed by atoms with Crippen LogP contribution in [0.15, 0.2) is 47.4 Å². The molecule has 0 radical (unpaired) electrons. The molecule has 0 unspecified atom stereocenters. The van der Waals surface area contributed by atoms with Gasteiger partial charge in [-0.05, 0) is 42.3 Å². The van der Waals surface area contributed by atoms with Gasteiger partial charge in [-0.1, -0.05) is 18.2 Å². The molecular weight excluding hydrogens is 378 g/mol. The molecule has 0 saturated carbocycles. The van der Waals surface area contributed by atoms with E-state index in [1.165, 1.54) is 18.9 Å². The van der Waals surface area contributed by atoms with Crippen LogP contribution >= 0.6 is 11.8 Å². The van der Waals surface area contributed by atoms with Crippen molar-refractivity contribution in [2.24, 2.45) is 0 Å². The minimum atomic E-state index is -0.418. The Morgan fingerprint density at radius 3 is 2.32 bits per heavy atom. The van der Waals surface area contributed by atoms with Crippen LogP contribution in [0.1, 0.15) is 11.1 Å². The molecule has 1 aliphatic heterocycles. The Balaban J connectivity index is 2.10. The van der Waals surface area contributed by atoms with Gasteiger partial charge in [-0.25, -0.2) is 4.90 Å². The van der Waals surface area contributed by atoms with Crippen LogP contribution in [0.25, 0.3) is 5.57 Å². The van der Waals surface area contributed by atoms with Crippen LogP contribution in [-0.2, 0) is 9.59 Å². The fourth-order valence-electron chi connectivity index (χ4n) is 3.00. The number of carbonyl (C=O) groups excluding carboxylic acids is 2. The van der Waals surface area contributed by atoms with Crippen LogP contribution in [-0.4, -0.2) is 43.5 Å². The van der Waals surface area contributed by atoms with Crippen molar-refractivity contribution in [1.29, 1.82) is 0 Å². The Kier molecular flexibility index (Phi) is 6.06. The molecule has 2 aromatic rings. The Bertz CT molecular complexity index is 936. The van der Waals surface area contributed by atoms with Crippen molar-refractivity contribution in [2.45, 2.75) is 6.92 Å². The van der Waals surface area contributed by atoms with Crippen molar-refractivity contribution in [3.63, 3.8) is 0 Å². The fourth-order valence-corrected chi connectivity index (χ4v) is 3.86. The highest BCUT2D eigenvalue weighted by atomic mass is 32.2. The maximum absolute atomic E-state index is 13.3. The number of carbonyl (C=O) groups is 2. The summed E-state index contributed by atoms with van der Waals surface area (Å²) in [6, 6.07) is 12.3. The summed E-state index contributed by atoms with van der Waals surface area (Å²) in [7, 11) is 3.06. The fraction of sp³-hybridized carbons (Fsp3) is 0.238. The van der Waals surface area contributed by atoms with Gasteiger partial charge < -0.3 is 14.6 Å². The Morgan fingerprint density at radius 2 is 1.71 bits per heavy atom. The first-order valence-corrected chi connectivity index (χ1v) is 9.66. The summed E-state index contributed by atoms with van der Waals surface area (Å²) >= 11 is 1.17. The molecule has 28 heavy (non-hydrogen) atoms. The maximum atomic E-state index is 13.3. The lowest BCUT2D eigenvalue weighted by molar-refractivity contribution is -0.119. The van der Waals surface area contributed by atoms with E-state index in [-0.39, 0.29) is 6.61 Å². The van der Waals surface area contributed by atoms with E-state index in [0.29, 0.717) is 39.0 Å². The molecule has 2 aromatic carbocycles. The van der Waals surface area contributed by atoms with E-state index in [4.69, 9.17) is 9.47 Å². The number of methoxy groups -OCH3 is 2. The van der Waals surface area contributed by atoms with Gasteiger partial charge in [-0.15, -0.1) is 11.8 Å². The predicted octanol–water partition coefficient (Wildman–Crippen LogP) is 3.02. The molecule has 146 valence electrons. The molecule has 0 aromatic heterocycles. The Labute approximate surface area is 167 Å². The molecule has 0 aliphatic carbocycles. The first-order chi connectivity index (χ1) is 13.5. The Hall–Kier alpha value is -2.77. The molecule has 6 nitrogen and oxygen atoms in total. The summed E-state index contributed by atoms with van der Waals surface area (Å²) in [5.41, 5.74) is 2.24. The lowest BCUT2D eigenvalue weighted by atomic mass is 10.1. The second kappa shape index (κ2) is 8.50. The monoisotopic (exact) mass is 399 g/mol. The number of hydrogen-bond acceptors (Lipinski definition) is 6. The normalized spacial score (nSPS) is 14.1. The number of anilines is 1. The molecule has 1 aliphatic rings. The molecule has 0 atom stereocenters. The van der Waals surface area contributed by atoms with Gasteiger partial charge in [0.1, 0.15) is 11.5 Å². The van der Waals surface area contributed by atoms with Gasteiger partial charge in [0.25, 0.3) is 11.8 Å². The first kappa shape index (κ1) is 20.0. The molecule has 0 saturated heterocycles. The van der Waals surface area contributed by atoms with Gasteiger partial charge in [-0.3, -0.25) is 9.59 Å². The highest BCUT2D eigenvalue weighted by Crippen LogP contribution is 2.41. The average Bonchev–Trinajstić information content (AvgIpc) is 2.95. The van der Waals surface area contributed by atoms with E-state index < -0.39 is 11.8 Å². The number of aliphatic hydroxyl groups excluding tert-OH is 1. The van der Waals surface area contributed by atoms with Crippen LogP contribution in [0.2, 0.25) is 0 Å². The number of aliphatic hydroxyl groups is 1. The van der Waals surface area contributed by atoms with Crippen LogP contribution < -0.4 is 14.4 Å². The second-order valence-electron chi connectivity index (χ2n) is 6.13. The summed E-state index contributed by atoms with van der Waals surface area (Å²) in [6.45, 7) is 1.78. The van der Waals surface area contributed by atoms with Gasteiger partial charge >= 0.3 is 0 Å². The highest BCUT2D eigenvalue weighted by molar-refractivity contribution is 8.04. The zero-order valence-electron chi connectivity index (χ0n) is 15.9. The number of imide groups is 1. The van der Waals surface area contributed by atoms with Crippen molar-refractivity contribution in [3.05, 3.63) is 58.5 Å². The largest absolute Gasteiger partial charge is 0.497 e. The number of aryl methyl sites for hydroxylation is 1. The molecule has 0 spiro atoms. The van der Waals surface area contributed by atoms with Crippen LogP contribution in [0.5, 0.6) is 11.5 Å². The van der Waals surface area contributed by atoms with E-state index in [0.717, 1.165) is 10.5 Å². The summed E-state index contributed by atoms with van der Waals surface area (Å²) in [5.74, 6) is 0.572. The Morgan fingerprint density at radius 1 is 1.00 bits per heavy atom. The topological polar surface area (TPSA) is 76.1 Å². The molecule has 3 rings (SSSR count). The third-order valence-corrected chi connectivity index (χ3v) is 5.39. The molecule has 0 bridgehead atoms. The highest BCUT2D eigenvalue weighted by Gasteiger charge is 2.41. The molecule has 7 heteroatoms. The summed E-state index contributed by atoms with van der Waals surface area (Å²) < 4.78 is 10.5. The van der Waals surface area contributed by atoms with Gasteiger partial charge in [-0.2, -0.15) is 0 Å². The lowest BCUT2D eigenvalue weighted by Gasteiger charge is -2.19. The second-order valence-corrected chi connectivity index (χ2v) is 7.23. The summed E-state index contributed by atoms with van der Waals surface area (Å²) in [6.07, 6.45) is 0. The van der Waals surface area contributed by atoms with E-state index in [9.17, 15) is 14.7 Å². The minimum absolute atomic E-state index is 0.0979. The van der Waals surface area contributed by atoms with Crippen LogP contribution in [0.3, 0.4) is 0 Å². The van der Waals surface area contributed by atoms with E-state index >= 15 is 0 Å². The number of amides is 2. The SMILES string of the molecule is COc1ccc(C2=C(SCCO)C(=O)N(c3cc(C)ccc3OC)C2=O)cc1. The molecular formula is C21H21NO5S. The number of thioether (sulfide) groups is 1. The van der Waals surface area contributed by atoms with Crippen LogP contribution in [0.4, 0.5) is 5.69 Å². The van der Waals surface area contributed by atoms with Gasteiger partial charge in [0.15, 0.2) is 0 Å². The molecule has 2 amide bonds. The number of ether oxygens (including phenoxy) is 2. The summed E-state index contributed by atoms with van der Waals surface area (Å²) in [4.78, 5) is 27.9. The van der Waals surface area contributed by atoms with Crippen molar-refractivity contribution in [1.82, 2.24) is 0 Å². The quantitative estimate of drug-likeness (QED) is 0.722. The van der Waals surface area contributed by atoms with Crippen molar-refractivity contribution in [2.75, 3.05) is 31.5 Å². The van der Waals surface area contributed by atoms with Crippen molar-refractivity contribution in [3.8, 4) is 11.5 Å². The van der Waals surface area contributed by atoms with E-state index in [1.54, 1.807) is 43.5 Å². The summed E-state index contributed by atoms with van der Waals surface area (Å²) in [5, 5.41) is 9.22. The van der Waals surface area contributed by atoms with Crippen molar-refractivity contribution >= 4 is 34.8 Å². The van der Waals surface area contributed by atoms with Crippen LogP contribution in [0, 0.1) is 6.92 Å². The van der Waals surface area contributed by atoms with E-state index in [2.05, 4.69) is 0 Å². The van der Waals surface area contributed by atoms with E-state index in [1.807, 2.05) is 13.0 Å². The van der Waals surface area contributed by atoms with Gasteiger partial charge in [0, 0.05) is 5.75 Å². The number of benzene rings is 2.